The van der Waals surface area contributed by atoms with E-state index in [2.05, 4.69) is 47.3 Å². The van der Waals surface area contributed by atoms with Gasteiger partial charge in [-0.05, 0) is 39.0 Å². The van der Waals surface area contributed by atoms with Gasteiger partial charge in [0.25, 0.3) is 5.91 Å². The normalized spacial score (nSPS) is 11.2. The van der Waals surface area contributed by atoms with Crippen molar-refractivity contribution in [3.63, 3.8) is 0 Å². The summed E-state index contributed by atoms with van der Waals surface area (Å²) in [4.78, 5) is 11.6. The van der Waals surface area contributed by atoms with Gasteiger partial charge in [0.1, 0.15) is 5.75 Å². The number of halogens is 1. The van der Waals surface area contributed by atoms with Crippen molar-refractivity contribution in [3.8, 4) is 5.75 Å². The van der Waals surface area contributed by atoms with E-state index in [0.29, 0.717) is 12.3 Å². The van der Waals surface area contributed by atoms with Crippen molar-refractivity contribution in [3.05, 3.63) is 28.7 Å². The second-order valence-corrected chi connectivity index (χ2v) is 6.72. The Morgan fingerprint density at radius 1 is 1.40 bits per heavy atom. The Kier molecular flexibility index (Phi) is 7.02. The topological polar surface area (TPSA) is 54.9 Å². The molecule has 0 aromatic heterocycles. The summed E-state index contributed by atoms with van der Waals surface area (Å²) >= 11 is 3.36. The van der Waals surface area contributed by atoms with Crippen molar-refractivity contribution in [2.75, 3.05) is 19.7 Å². The van der Waals surface area contributed by atoms with Crippen molar-refractivity contribution >= 4 is 21.8 Å². The maximum absolute atomic E-state index is 11.6. The van der Waals surface area contributed by atoms with Crippen molar-refractivity contribution in [2.24, 2.45) is 0 Å². The maximum Gasteiger partial charge on any atom is 0.257 e. The zero-order chi connectivity index (χ0) is 15.0. The molecule has 4 nitrogen and oxygen atoms in total. The Hall–Kier alpha value is -1.07. The molecule has 0 saturated carbocycles. The maximum atomic E-state index is 11.6. The molecule has 112 valence electrons. The van der Waals surface area contributed by atoms with E-state index in [1.807, 2.05) is 24.3 Å². The van der Waals surface area contributed by atoms with E-state index in [1.165, 1.54) is 0 Å². The molecule has 1 aromatic rings. The van der Waals surface area contributed by atoms with Crippen LogP contribution in [0.1, 0.15) is 27.2 Å². The fraction of sp³-hybridized carbons (Fsp3) is 0.533. The zero-order valence-corrected chi connectivity index (χ0v) is 14.0. The zero-order valence-electron chi connectivity index (χ0n) is 12.4. The van der Waals surface area contributed by atoms with Gasteiger partial charge >= 0.3 is 0 Å². The highest BCUT2D eigenvalue weighted by molar-refractivity contribution is 9.10. The largest absolute Gasteiger partial charge is 0.484 e. The Morgan fingerprint density at radius 2 is 2.15 bits per heavy atom. The number of carbonyl (C=O) groups excluding carboxylic acids is 1. The van der Waals surface area contributed by atoms with Gasteiger partial charge in [0.2, 0.25) is 0 Å². The smallest absolute Gasteiger partial charge is 0.257 e. The van der Waals surface area contributed by atoms with Crippen LogP contribution in [0.25, 0.3) is 0 Å². The SMILES string of the molecule is CC(C)(C)[NH2+]CCCNC(=O)COc1cccc(Br)c1. The lowest BCUT2D eigenvalue weighted by molar-refractivity contribution is -0.717. The first-order chi connectivity index (χ1) is 9.37. The lowest BCUT2D eigenvalue weighted by Crippen LogP contribution is -2.94. The molecule has 0 aliphatic heterocycles. The molecule has 0 radical (unpaired) electrons. The van der Waals surface area contributed by atoms with Crippen LogP contribution in [0.2, 0.25) is 0 Å². The molecule has 0 aliphatic carbocycles. The van der Waals surface area contributed by atoms with Gasteiger partial charge in [-0.1, -0.05) is 22.0 Å². The number of nitrogens with two attached hydrogens (primary N) is 1. The number of amides is 1. The molecule has 1 aromatic carbocycles. The van der Waals surface area contributed by atoms with Gasteiger partial charge in [-0.15, -0.1) is 0 Å². The summed E-state index contributed by atoms with van der Waals surface area (Å²) in [5, 5.41) is 5.13. The van der Waals surface area contributed by atoms with E-state index >= 15 is 0 Å². The van der Waals surface area contributed by atoms with Crippen LogP contribution in [-0.4, -0.2) is 31.1 Å². The van der Waals surface area contributed by atoms with Gasteiger partial charge in [0.05, 0.1) is 12.1 Å². The molecule has 0 fully saturated rings. The molecule has 0 saturated heterocycles. The highest BCUT2D eigenvalue weighted by atomic mass is 79.9. The van der Waals surface area contributed by atoms with Gasteiger partial charge < -0.3 is 15.4 Å². The van der Waals surface area contributed by atoms with Crippen molar-refractivity contribution in [1.29, 1.82) is 0 Å². The second-order valence-electron chi connectivity index (χ2n) is 5.81. The molecule has 0 aliphatic rings. The third-order valence-corrected chi connectivity index (χ3v) is 3.12. The van der Waals surface area contributed by atoms with Crippen LogP contribution in [0.3, 0.4) is 0 Å². The Balaban J connectivity index is 2.12. The van der Waals surface area contributed by atoms with Crippen LogP contribution in [-0.2, 0) is 4.79 Å². The number of carbonyl (C=O) groups is 1. The molecule has 0 unspecified atom stereocenters. The van der Waals surface area contributed by atoms with E-state index in [9.17, 15) is 4.79 Å². The number of rotatable bonds is 7. The Bertz CT molecular complexity index is 430. The summed E-state index contributed by atoms with van der Waals surface area (Å²) in [7, 11) is 0. The number of benzene rings is 1. The highest BCUT2D eigenvalue weighted by Crippen LogP contribution is 2.17. The number of nitrogens with one attached hydrogen (secondary N) is 1. The average molecular weight is 344 g/mol. The van der Waals surface area contributed by atoms with E-state index in [0.717, 1.165) is 17.4 Å². The lowest BCUT2D eigenvalue weighted by atomic mass is 10.1. The van der Waals surface area contributed by atoms with Gasteiger partial charge in [-0.3, -0.25) is 4.79 Å². The number of ether oxygens (including phenoxy) is 1. The first kappa shape index (κ1) is 17.0. The molecule has 1 amide bonds. The van der Waals surface area contributed by atoms with Crippen LogP contribution in [0.5, 0.6) is 5.75 Å². The van der Waals surface area contributed by atoms with E-state index in [4.69, 9.17) is 4.74 Å². The number of quaternary nitrogens is 1. The summed E-state index contributed by atoms with van der Waals surface area (Å²) in [6.45, 7) is 8.29. The first-order valence-electron chi connectivity index (χ1n) is 6.86. The van der Waals surface area contributed by atoms with Gasteiger partial charge in [0, 0.05) is 17.4 Å². The number of hydrogen-bond donors (Lipinski definition) is 2. The minimum Gasteiger partial charge on any atom is -0.484 e. The van der Waals surface area contributed by atoms with Gasteiger partial charge in [-0.25, -0.2) is 0 Å². The van der Waals surface area contributed by atoms with Crippen LogP contribution in [0.15, 0.2) is 28.7 Å². The molecule has 5 heteroatoms. The van der Waals surface area contributed by atoms with Crippen molar-refractivity contribution < 1.29 is 14.8 Å². The summed E-state index contributed by atoms with van der Waals surface area (Å²) in [5.74, 6) is 0.608. The lowest BCUT2D eigenvalue weighted by Gasteiger charge is -2.16. The molecule has 1 rings (SSSR count). The van der Waals surface area contributed by atoms with Gasteiger partial charge in [-0.2, -0.15) is 0 Å². The van der Waals surface area contributed by atoms with Crippen molar-refractivity contribution in [1.82, 2.24) is 5.32 Å². The highest BCUT2D eigenvalue weighted by Gasteiger charge is 2.11. The van der Waals surface area contributed by atoms with Crippen LogP contribution >= 0.6 is 15.9 Å². The Morgan fingerprint density at radius 3 is 2.80 bits per heavy atom. The van der Waals surface area contributed by atoms with Crippen LogP contribution in [0.4, 0.5) is 0 Å². The van der Waals surface area contributed by atoms with E-state index < -0.39 is 0 Å². The quantitative estimate of drug-likeness (QED) is 0.740. The predicted molar refractivity (Wildman–Crippen MR) is 83.8 cm³/mol. The van der Waals surface area contributed by atoms with Gasteiger partial charge in [0.15, 0.2) is 6.61 Å². The van der Waals surface area contributed by atoms with E-state index in [1.54, 1.807) is 0 Å². The summed E-state index contributed by atoms with van der Waals surface area (Å²) in [5.41, 5.74) is 0.244. The minimum absolute atomic E-state index is 0.0550. The average Bonchev–Trinajstić information content (AvgIpc) is 2.35. The molecule has 20 heavy (non-hydrogen) atoms. The first-order valence-corrected chi connectivity index (χ1v) is 7.65. The molecule has 0 heterocycles. The van der Waals surface area contributed by atoms with Crippen LogP contribution in [0, 0.1) is 0 Å². The summed E-state index contributed by atoms with van der Waals surface area (Å²) in [6, 6.07) is 7.46. The number of hydrogen-bond acceptors (Lipinski definition) is 2. The molecule has 3 N–H and O–H groups in total. The third-order valence-electron chi connectivity index (χ3n) is 2.63. The van der Waals surface area contributed by atoms with E-state index in [-0.39, 0.29) is 18.1 Å². The molecular weight excluding hydrogens is 320 g/mol. The predicted octanol–water partition coefficient (Wildman–Crippen LogP) is 1.70. The van der Waals surface area contributed by atoms with Crippen molar-refractivity contribution in [2.45, 2.75) is 32.7 Å². The molecule has 0 spiro atoms. The fourth-order valence-electron chi connectivity index (χ4n) is 1.62. The third kappa shape index (κ3) is 8.17. The molecule has 0 bridgehead atoms. The minimum atomic E-state index is -0.0827. The Labute approximate surface area is 129 Å². The fourth-order valence-corrected chi connectivity index (χ4v) is 2.00. The standard InChI is InChI=1S/C15H23BrN2O2/c1-15(2,3)18-9-5-8-17-14(19)11-20-13-7-4-6-12(16)10-13/h4,6-7,10,18H,5,8-9,11H2,1-3H3,(H,17,19)/p+1. The van der Waals surface area contributed by atoms with Crippen LogP contribution < -0.4 is 15.4 Å². The second kappa shape index (κ2) is 8.27. The molecule has 0 atom stereocenters. The molecular formula is C15H24BrN2O2+. The monoisotopic (exact) mass is 343 g/mol. The summed E-state index contributed by atoms with van der Waals surface area (Å²) in [6.07, 6.45) is 0.958. The summed E-state index contributed by atoms with van der Waals surface area (Å²) < 4.78 is 6.35.